The van der Waals surface area contributed by atoms with E-state index in [2.05, 4.69) is 10.1 Å². The van der Waals surface area contributed by atoms with Crippen LogP contribution in [-0.4, -0.2) is 105 Å². The highest BCUT2D eigenvalue weighted by atomic mass is 32.2. The number of aliphatic hydroxyl groups excluding tert-OH is 1. The average molecular weight is 756 g/mol. The van der Waals surface area contributed by atoms with E-state index in [1.165, 1.54) is 5.01 Å². The molecule has 292 valence electrons. The van der Waals surface area contributed by atoms with Gasteiger partial charge in [-0.3, -0.25) is 9.59 Å². The number of nitrogens with zero attached hydrogens (tertiary/aromatic N) is 2. The number of rotatable bonds is 19. The Bertz CT molecular complexity index is 1270. The first kappa shape index (κ1) is 42.9. The minimum absolute atomic E-state index is 0.00224. The molecule has 0 aromatic carbocycles. The maximum absolute atomic E-state index is 14.4. The van der Waals surface area contributed by atoms with Crippen molar-refractivity contribution in [3.05, 3.63) is 0 Å². The quantitative estimate of drug-likeness (QED) is 0.145. The smallest absolute Gasteiger partial charge is 0.225 e. The van der Waals surface area contributed by atoms with Gasteiger partial charge in [-0.1, -0.05) is 40.0 Å². The molecule has 7 unspecified atom stereocenters. The van der Waals surface area contributed by atoms with Gasteiger partial charge in [0.05, 0.1) is 23.1 Å². The molecule has 7 atom stereocenters. The van der Waals surface area contributed by atoms with Crippen molar-refractivity contribution >= 4 is 31.9 Å². The molecule has 12 nitrogen and oxygen atoms in total. The third kappa shape index (κ3) is 13.8. The zero-order valence-corrected chi connectivity index (χ0v) is 31.9. The molecule has 0 aliphatic heterocycles. The summed E-state index contributed by atoms with van der Waals surface area (Å²) >= 11 is 0. The molecule has 16 heteroatoms. The fraction of sp³-hybridized carbons (Fsp3) is 0.941. The molecule has 0 aromatic heterocycles. The van der Waals surface area contributed by atoms with Gasteiger partial charge in [0.2, 0.25) is 31.9 Å². The van der Waals surface area contributed by atoms with Gasteiger partial charge < -0.3 is 15.3 Å². The lowest BCUT2D eigenvalue weighted by Gasteiger charge is -2.37. The summed E-state index contributed by atoms with van der Waals surface area (Å²) in [5.41, 5.74) is 0. The fourth-order valence-electron chi connectivity index (χ4n) is 8.23. The van der Waals surface area contributed by atoms with Crippen LogP contribution in [-0.2, 0) is 29.6 Å². The van der Waals surface area contributed by atoms with Crippen LogP contribution in [0.2, 0.25) is 0 Å². The normalized spacial score (nSPS) is 28.2. The molecular formula is C34H63F2N5O7S2. The summed E-state index contributed by atoms with van der Waals surface area (Å²) in [7, 11) is -7.83. The van der Waals surface area contributed by atoms with Crippen LogP contribution >= 0.6 is 0 Å². The van der Waals surface area contributed by atoms with Gasteiger partial charge in [-0.15, -0.1) is 4.83 Å². The largest absolute Gasteiger partial charge is 0.390 e. The summed E-state index contributed by atoms with van der Waals surface area (Å²) in [6, 6.07) is -1.02. The lowest BCUT2D eigenvalue weighted by Crippen LogP contribution is -2.55. The molecule has 3 aliphatic rings. The second-order valence-electron chi connectivity index (χ2n) is 15.1. The minimum atomic E-state index is -4.09. The van der Waals surface area contributed by atoms with Gasteiger partial charge in [0.25, 0.3) is 0 Å². The van der Waals surface area contributed by atoms with E-state index in [1.54, 1.807) is 4.90 Å². The zero-order valence-electron chi connectivity index (χ0n) is 30.3. The van der Waals surface area contributed by atoms with Crippen molar-refractivity contribution in [2.45, 2.75) is 147 Å². The predicted molar refractivity (Wildman–Crippen MR) is 190 cm³/mol. The van der Waals surface area contributed by atoms with Gasteiger partial charge in [-0.05, 0) is 82.5 Å². The molecule has 3 fully saturated rings. The topological polar surface area (TPSA) is 179 Å². The molecule has 0 spiro atoms. The van der Waals surface area contributed by atoms with E-state index in [0.717, 1.165) is 32.1 Å². The summed E-state index contributed by atoms with van der Waals surface area (Å²) in [4.78, 5) is 31.9. The van der Waals surface area contributed by atoms with Crippen LogP contribution in [0.4, 0.5) is 8.78 Å². The van der Waals surface area contributed by atoms with E-state index in [4.69, 9.17) is 5.14 Å². The van der Waals surface area contributed by atoms with Gasteiger partial charge in [-0.2, -0.15) is 0 Å². The second kappa shape index (κ2) is 20.1. The number of alkyl halides is 2. The van der Waals surface area contributed by atoms with Crippen LogP contribution in [0.3, 0.4) is 0 Å². The van der Waals surface area contributed by atoms with Crippen LogP contribution in [0.5, 0.6) is 0 Å². The predicted octanol–water partition coefficient (Wildman–Crippen LogP) is 3.55. The van der Waals surface area contributed by atoms with Crippen molar-refractivity contribution in [2.24, 2.45) is 28.8 Å². The zero-order chi connectivity index (χ0) is 37.1. The highest BCUT2D eigenvalue weighted by molar-refractivity contribution is 7.89. The maximum Gasteiger partial charge on any atom is 0.225 e. The highest BCUT2D eigenvalue weighted by Crippen LogP contribution is 2.36. The molecule has 0 bridgehead atoms. The SMILES string of the molecule is CCCN(CC(O)C(CC1CC(F)CC(F)C1)NC(=O)C1CC(C(=O)N(CCC)CCC)CC(S(N)(=O)=O)C1)NS(=O)(=O)CC1CCCCC1. The number of nitrogens with one attached hydrogen (secondary N) is 2. The number of sulfonamides is 2. The monoisotopic (exact) mass is 755 g/mol. The number of primary sulfonamides is 1. The Morgan fingerprint density at radius 1 is 0.820 bits per heavy atom. The summed E-state index contributed by atoms with van der Waals surface area (Å²) in [6.45, 7) is 6.83. The van der Waals surface area contributed by atoms with E-state index in [0.29, 0.717) is 32.4 Å². The number of carbonyl (C=O) groups is 2. The number of aliphatic hydroxyl groups is 1. The average Bonchev–Trinajstić information content (AvgIpc) is 3.03. The molecule has 3 rings (SSSR count). The van der Waals surface area contributed by atoms with Crippen molar-refractivity contribution in [2.75, 3.05) is 31.9 Å². The molecule has 50 heavy (non-hydrogen) atoms. The van der Waals surface area contributed by atoms with Crippen LogP contribution in [0, 0.1) is 23.7 Å². The van der Waals surface area contributed by atoms with Gasteiger partial charge in [-0.25, -0.2) is 35.8 Å². The number of hydrogen-bond donors (Lipinski definition) is 4. The third-order valence-corrected chi connectivity index (χ3v) is 13.3. The molecular weight excluding hydrogens is 693 g/mol. The third-order valence-electron chi connectivity index (χ3n) is 10.6. The molecule has 2 amide bonds. The van der Waals surface area contributed by atoms with Gasteiger partial charge in [0.1, 0.15) is 12.3 Å². The number of amides is 2. The Hall–Kier alpha value is -1.46. The molecule has 0 saturated heterocycles. The first-order valence-corrected chi connectivity index (χ1v) is 22.1. The summed E-state index contributed by atoms with van der Waals surface area (Å²) < 4.78 is 80.3. The Kier molecular flexibility index (Phi) is 17.3. The van der Waals surface area contributed by atoms with Crippen LogP contribution in [0.1, 0.15) is 117 Å². The van der Waals surface area contributed by atoms with Crippen LogP contribution in [0.15, 0.2) is 0 Å². The molecule has 0 radical (unpaired) electrons. The van der Waals surface area contributed by atoms with E-state index >= 15 is 0 Å². The van der Waals surface area contributed by atoms with Crippen LogP contribution in [0.25, 0.3) is 0 Å². The maximum atomic E-state index is 14.4. The molecule has 0 heterocycles. The van der Waals surface area contributed by atoms with E-state index in [9.17, 15) is 40.3 Å². The van der Waals surface area contributed by atoms with Crippen molar-refractivity contribution in [1.82, 2.24) is 20.1 Å². The first-order valence-electron chi connectivity index (χ1n) is 18.9. The molecule has 5 N–H and O–H groups in total. The van der Waals surface area contributed by atoms with Crippen LogP contribution < -0.4 is 15.3 Å². The molecule has 3 saturated carbocycles. The van der Waals surface area contributed by atoms with Crippen molar-refractivity contribution in [3.63, 3.8) is 0 Å². The standard InChI is InChI=1S/C34H63F2N5O7S2/c1-4-12-40(13-5-2)34(44)27-18-26(19-30(20-27)50(37,47)48)33(43)38-31(17-25-15-28(35)21-29(36)16-25)32(42)22-41(14-6-3)39-49(45,46)23-24-10-8-7-9-11-24/h24-32,39,42H,4-23H2,1-3H3,(H,38,43)(H2,37,47,48). The number of hydrogen-bond acceptors (Lipinski definition) is 8. The van der Waals surface area contributed by atoms with E-state index < -0.39 is 73.4 Å². The van der Waals surface area contributed by atoms with Gasteiger partial charge >= 0.3 is 0 Å². The van der Waals surface area contributed by atoms with E-state index in [1.807, 2.05) is 20.8 Å². The minimum Gasteiger partial charge on any atom is -0.390 e. The van der Waals surface area contributed by atoms with Gasteiger partial charge in [0, 0.05) is 44.4 Å². The lowest BCUT2D eigenvalue weighted by atomic mass is 9.79. The number of hydrazine groups is 1. The number of nitrogens with two attached hydrogens (primary N) is 1. The lowest BCUT2D eigenvalue weighted by molar-refractivity contribution is -0.138. The fourth-order valence-corrected chi connectivity index (χ4v) is 10.8. The number of carbonyl (C=O) groups excluding carboxylic acids is 2. The Balaban J connectivity index is 1.82. The summed E-state index contributed by atoms with van der Waals surface area (Å²) in [5.74, 6) is -2.94. The molecule has 3 aliphatic carbocycles. The highest BCUT2D eigenvalue weighted by Gasteiger charge is 2.43. The first-order chi connectivity index (χ1) is 23.5. The second-order valence-corrected chi connectivity index (χ2v) is 18.7. The molecule has 0 aromatic rings. The van der Waals surface area contributed by atoms with Crippen molar-refractivity contribution in [1.29, 1.82) is 0 Å². The van der Waals surface area contributed by atoms with Crippen molar-refractivity contribution < 1.29 is 40.3 Å². The Morgan fingerprint density at radius 3 is 1.96 bits per heavy atom. The number of halogens is 2. The van der Waals surface area contributed by atoms with E-state index in [-0.39, 0.29) is 75.6 Å². The van der Waals surface area contributed by atoms with Crippen molar-refractivity contribution in [3.8, 4) is 0 Å². The Morgan fingerprint density at radius 2 is 1.40 bits per heavy atom. The Labute approximate surface area is 299 Å². The van der Waals surface area contributed by atoms with Gasteiger partial charge in [0.15, 0.2) is 0 Å². The summed E-state index contributed by atoms with van der Waals surface area (Å²) in [6.07, 6.45) is 2.62. The summed E-state index contributed by atoms with van der Waals surface area (Å²) in [5, 5.41) is 20.3.